The maximum atomic E-state index is 12.0. The Balaban J connectivity index is 1.95. The number of rotatable bonds is 6. The topological polar surface area (TPSA) is 50.1 Å². The van der Waals surface area contributed by atoms with Crippen LogP contribution >= 0.6 is 11.3 Å². The molecule has 0 bridgehead atoms. The quantitative estimate of drug-likeness (QED) is 0.446. The second-order valence-electron chi connectivity index (χ2n) is 4.75. The molecule has 0 saturated carbocycles. The van der Waals surface area contributed by atoms with Crippen LogP contribution in [0, 0.1) is 11.3 Å². The van der Waals surface area contributed by atoms with Gasteiger partial charge >= 0.3 is 5.97 Å². The number of benzene rings is 1. The minimum Gasteiger partial charge on any atom is -0.422 e. The zero-order chi connectivity index (χ0) is 15.1. The van der Waals surface area contributed by atoms with Crippen molar-refractivity contribution in [2.75, 3.05) is 0 Å². The van der Waals surface area contributed by atoms with Crippen LogP contribution < -0.4 is 4.74 Å². The molecule has 0 aliphatic rings. The summed E-state index contributed by atoms with van der Waals surface area (Å²) in [6.45, 7) is 2.18. The van der Waals surface area contributed by atoms with E-state index in [9.17, 15) is 4.79 Å². The molecule has 0 fully saturated rings. The molecule has 3 nitrogen and oxygen atoms in total. The number of carbonyl (C=O) groups is 1. The molecule has 1 aromatic carbocycles. The fraction of sp³-hybridized carbons (Fsp3) is 0.294. The lowest BCUT2D eigenvalue weighted by Crippen LogP contribution is -2.06. The molecular formula is C17H17NO2S. The Hall–Kier alpha value is -2.12. The molecule has 0 N–H and O–H groups in total. The van der Waals surface area contributed by atoms with E-state index in [0.29, 0.717) is 16.2 Å². The Labute approximate surface area is 128 Å². The molecule has 0 atom stereocenters. The summed E-state index contributed by atoms with van der Waals surface area (Å²) in [6, 6.07) is 12.4. The summed E-state index contributed by atoms with van der Waals surface area (Å²) in [5.41, 5.74) is 0.545. The van der Waals surface area contributed by atoms with Crippen LogP contribution in [0.1, 0.15) is 46.3 Å². The first-order valence-corrected chi connectivity index (χ1v) is 7.85. The van der Waals surface area contributed by atoms with Gasteiger partial charge in [0.25, 0.3) is 0 Å². The molecule has 0 aliphatic carbocycles. The fourth-order valence-corrected chi connectivity index (χ4v) is 2.85. The van der Waals surface area contributed by atoms with Gasteiger partial charge in [-0.25, -0.2) is 4.79 Å². The molecule has 0 radical (unpaired) electrons. The monoisotopic (exact) mass is 299 g/mol. The number of hydrogen-bond donors (Lipinski definition) is 0. The number of hydrogen-bond acceptors (Lipinski definition) is 4. The molecule has 0 unspecified atom stereocenters. The van der Waals surface area contributed by atoms with Crippen LogP contribution in [0.2, 0.25) is 0 Å². The average molecular weight is 299 g/mol. The third kappa shape index (κ3) is 4.44. The van der Waals surface area contributed by atoms with E-state index in [-0.39, 0.29) is 5.97 Å². The third-order valence-corrected chi connectivity index (χ3v) is 4.21. The van der Waals surface area contributed by atoms with Crippen LogP contribution in [0.3, 0.4) is 0 Å². The molecule has 1 heterocycles. The first-order chi connectivity index (χ1) is 10.2. The van der Waals surface area contributed by atoms with Crippen molar-refractivity contribution in [2.24, 2.45) is 0 Å². The van der Waals surface area contributed by atoms with Gasteiger partial charge in [-0.15, -0.1) is 11.3 Å². The summed E-state index contributed by atoms with van der Waals surface area (Å²) >= 11 is 1.49. The van der Waals surface area contributed by atoms with Crippen LogP contribution in [0.25, 0.3) is 0 Å². The fourth-order valence-electron chi connectivity index (χ4n) is 1.93. The minimum absolute atomic E-state index is 0.341. The molecule has 0 saturated heterocycles. The maximum absolute atomic E-state index is 12.0. The summed E-state index contributed by atoms with van der Waals surface area (Å²) in [7, 11) is 0. The van der Waals surface area contributed by atoms with Crippen molar-refractivity contribution >= 4 is 17.3 Å². The van der Waals surface area contributed by atoms with Gasteiger partial charge in [0.2, 0.25) is 0 Å². The van der Waals surface area contributed by atoms with Crippen molar-refractivity contribution in [1.29, 1.82) is 5.26 Å². The number of unbranched alkanes of at least 4 members (excludes halogenated alkanes) is 2. The lowest BCUT2D eigenvalue weighted by Gasteiger charge is -2.02. The van der Waals surface area contributed by atoms with Crippen molar-refractivity contribution in [3.05, 3.63) is 51.7 Å². The van der Waals surface area contributed by atoms with E-state index in [0.717, 1.165) is 12.8 Å². The zero-order valence-corrected chi connectivity index (χ0v) is 12.8. The molecule has 2 rings (SSSR count). The number of nitrogens with zero attached hydrogens (tertiary/aromatic N) is 1. The Morgan fingerprint density at radius 2 is 1.95 bits per heavy atom. The highest BCUT2D eigenvalue weighted by Gasteiger charge is 2.11. The molecule has 108 valence electrons. The Morgan fingerprint density at radius 3 is 2.62 bits per heavy atom. The molecule has 0 spiro atoms. The zero-order valence-electron chi connectivity index (χ0n) is 12.0. The number of thiophene rings is 1. The SMILES string of the molecule is CCCCCc1ccc(C(=O)Oc2ccc(C#N)cc2)s1. The Bertz CT molecular complexity index is 638. The largest absolute Gasteiger partial charge is 0.422 e. The van der Waals surface area contributed by atoms with E-state index in [1.54, 1.807) is 24.3 Å². The number of aryl methyl sites for hydroxylation is 1. The lowest BCUT2D eigenvalue weighted by molar-refractivity contribution is 0.0740. The van der Waals surface area contributed by atoms with E-state index < -0.39 is 0 Å². The summed E-state index contributed by atoms with van der Waals surface area (Å²) in [5.74, 6) is 0.117. The van der Waals surface area contributed by atoms with Crippen molar-refractivity contribution in [3.8, 4) is 11.8 Å². The molecular weight excluding hydrogens is 282 g/mol. The summed E-state index contributed by atoms with van der Waals surface area (Å²) in [5, 5.41) is 8.72. The van der Waals surface area contributed by atoms with Crippen LogP contribution in [-0.4, -0.2) is 5.97 Å². The molecule has 0 amide bonds. The summed E-state index contributed by atoms with van der Waals surface area (Å²) in [6.07, 6.45) is 4.58. The Kier molecular flexibility index (Phi) is 5.53. The van der Waals surface area contributed by atoms with E-state index in [4.69, 9.17) is 10.00 Å². The van der Waals surface area contributed by atoms with Gasteiger partial charge in [-0.1, -0.05) is 19.8 Å². The third-order valence-electron chi connectivity index (χ3n) is 3.08. The van der Waals surface area contributed by atoms with Crippen LogP contribution in [0.15, 0.2) is 36.4 Å². The summed E-state index contributed by atoms with van der Waals surface area (Å²) < 4.78 is 5.30. The van der Waals surface area contributed by atoms with Gasteiger partial charge in [-0.05, 0) is 49.2 Å². The van der Waals surface area contributed by atoms with Gasteiger partial charge in [-0.2, -0.15) is 5.26 Å². The molecule has 1 aromatic heterocycles. The smallest absolute Gasteiger partial charge is 0.353 e. The van der Waals surface area contributed by atoms with Crippen molar-refractivity contribution < 1.29 is 9.53 Å². The van der Waals surface area contributed by atoms with Gasteiger partial charge in [0.05, 0.1) is 11.6 Å². The number of esters is 1. The maximum Gasteiger partial charge on any atom is 0.353 e. The predicted octanol–water partition coefficient (Wildman–Crippen LogP) is 4.57. The standard InChI is InChI=1S/C17H17NO2S/c1-2-3-4-5-15-10-11-16(21-15)17(19)20-14-8-6-13(12-18)7-9-14/h6-11H,2-5H2,1H3. The molecule has 21 heavy (non-hydrogen) atoms. The highest BCUT2D eigenvalue weighted by Crippen LogP contribution is 2.21. The number of ether oxygens (including phenoxy) is 1. The van der Waals surface area contributed by atoms with E-state index >= 15 is 0 Å². The first kappa shape index (κ1) is 15.3. The van der Waals surface area contributed by atoms with Gasteiger partial charge < -0.3 is 4.74 Å². The van der Waals surface area contributed by atoms with Crippen molar-refractivity contribution in [1.82, 2.24) is 0 Å². The van der Waals surface area contributed by atoms with Crippen molar-refractivity contribution in [2.45, 2.75) is 32.6 Å². The van der Waals surface area contributed by atoms with Gasteiger partial charge in [0.1, 0.15) is 10.6 Å². The van der Waals surface area contributed by atoms with Crippen LogP contribution in [-0.2, 0) is 6.42 Å². The van der Waals surface area contributed by atoms with Crippen LogP contribution in [0.4, 0.5) is 0 Å². The van der Waals surface area contributed by atoms with E-state index in [2.05, 4.69) is 6.92 Å². The Morgan fingerprint density at radius 1 is 1.19 bits per heavy atom. The van der Waals surface area contributed by atoms with E-state index in [1.165, 1.54) is 29.1 Å². The number of nitriles is 1. The minimum atomic E-state index is -0.341. The highest BCUT2D eigenvalue weighted by molar-refractivity contribution is 7.13. The lowest BCUT2D eigenvalue weighted by atomic mass is 10.2. The number of carbonyl (C=O) groups excluding carboxylic acids is 1. The second kappa shape index (κ2) is 7.61. The summed E-state index contributed by atoms with van der Waals surface area (Å²) in [4.78, 5) is 13.9. The van der Waals surface area contributed by atoms with Gasteiger partial charge in [-0.3, -0.25) is 0 Å². The first-order valence-electron chi connectivity index (χ1n) is 7.04. The highest BCUT2D eigenvalue weighted by atomic mass is 32.1. The normalized spacial score (nSPS) is 10.1. The van der Waals surface area contributed by atoms with Crippen LogP contribution in [0.5, 0.6) is 5.75 Å². The molecule has 4 heteroatoms. The second-order valence-corrected chi connectivity index (χ2v) is 5.92. The van der Waals surface area contributed by atoms with Gasteiger partial charge in [0.15, 0.2) is 0 Å². The van der Waals surface area contributed by atoms with E-state index in [1.807, 2.05) is 18.2 Å². The average Bonchev–Trinajstić information content (AvgIpc) is 2.97. The molecule has 2 aromatic rings. The van der Waals surface area contributed by atoms with Gasteiger partial charge in [0, 0.05) is 4.88 Å². The van der Waals surface area contributed by atoms with Crippen molar-refractivity contribution in [3.63, 3.8) is 0 Å². The predicted molar refractivity (Wildman–Crippen MR) is 83.7 cm³/mol. The molecule has 0 aliphatic heterocycles.